The molecule has 0 aromatic rings. The Morgan fingerprint density at radius 1 is 0.720 bits per heavy atom. The molecule has 0 aliphatic carbocycles. The molecule has 0 heterocycles. The van der Waals surface area contributed by atoms with E-state index in [1.807, 2.05) is 6.08 Å². The molecule has 146 valence electrons. The van der Waals surface area contributed by atoms with E-state index in [0.717, 1.165) is 12.8 Å². The van der Waals surface area contributed by atoms with Gasteiger partial charge in [0.1, 0.15) is 0 Å². The number of unbranched alkanes of at least 4 members (excludes halogenated alkanes) is 15. The van der Waals surface area contributed by atoms with Crippen molar-refractivity contribution in [2.75, 3.05) is 6.61 Å². The van der Waals surface area contributed by atoms with E-state index in [1.54, 1.807) is 6.92 Å². The van der Waals surface area contributed by atoms with Crippen molar-refractivity contribution in [1.29, 1.82) is 0 Å². The lowest BCUT2D eigenvalue weighted by Crippen LogP contribution is -2.05. The molecule has 0 spiro atoms. The maximum absolute atomic E-state index is 11.2. The first-order chi connectivity index (χ1) is 12.2. The highest BCUT2D eigenvalue weighted by Crippen LogP contribution is 2.13. The molecule has 0 saturated heterocycles. The lowest BCUT2D eigenvalue weighted by molar-refractivity contribution is -0.139. The van der Waals surface area contributed by atoms with Gasteiger partial charge < -0.3 is 4.74 Å². The maximum Gasteiger partial charge on any atom is 0.333 e. The lowest BCUT2D eigenvalue weighted by Gasteiger charge is -2.05. The number of allylic oxidation sites excluding steroid dienone is 1. The molecule has 0 bridgehead atoms. The van der Waals surface area contributed by atoms with Crippen LogP contribution >= 0.6 is 0 Å². The molecule has 25 heavy (non-hydrogen) atoms. The van der Waals surface area contributed by atoms with Crippen LogP contribution in [-0.4, -0.2) is 12.6 Å². The Bertz CT molecular complexity index is 333. The molecular formula is C23H42O2. The molecule has 0 amide bonds. The van der Waals surface area contributed by atoms with Crippen LogP contribution in [0, 0.1) is 0 Å². The average molecular weight is 351 g/mol. The van der Waals surface area contributed by atoms with Crippen molar-refractivity contribution in [2.45, 2.75) is 110 Å². The van der Waals surface area contributed by atoms with Crippen LogP contribution in [0.15, 0.2) is 24.8 Å². The zero-order valence-corrected chi connectivity index (χ0v) is 16.8. The average Bonchev–Trinajstić information content (AvgIpc) is 2.60. The molecule has 0 unspecified atom stereocenters. The Kier molecular flexibility index (Phi) is 18.5. The molecule has 0 aromatic carbocycles. The van der Waals surface area contributed by atoms with Crippen LogP contribution in [0.25, 0.3) is 0 Å². The molecule has 0 aliphatic heterocycles. The molecule has 0 saturated carbocycles. The van der Waals surface area contributed by atoms with Crippen LogP contribution in [0.2, 0.25) is 0 Å². The SMILES string of the molecule is C=CCCCCCCCCCCCCCCCCCOC(=O)C(=C)C. The van der Waals surface area contributed by atoms with Gasteiger partial charge in [0.05, 0.1) is 6.61 Å². The smallest absolute Gasteiger partial charge is 0.333 e. The second-order valence-electron chi connectivity index (χ2n) is 7.30. The first kappa shape index (κ1) is 23.9. The first-order valence-corrected chi connectivity index (χ1v) is 10.6. The number of carbonyl (C=O) groups excluding carboxylic acids is 1. The molecule has 0 N–H and O–H groups in total. The fourth-order valence-corrected chi connectivity index (χ4v) is 2.98. The van der Waals surface area contributed by atoms with E-state index in [1.165, 1.54) is 89.9 Å². The van der Waals surface area contributed by atoms with Gasteiger partial charge in [-0.25, -0.2) is 4.79 Å². The summed E-state index contributed by atoms with van der Waals surface area (Å²) >= 11 is 0. The van der Waals surface area contributed by atoms with Gasteiger partial charge in [-0.1, -0.05) is 96.1 Å². The van der Waals surface area contributed by atoms with Gasteiger partial charge in [0.2, 0.25) is 0 Å². The fourth-order valence-electron chi connectivity index (χ4n) is 2.98. The molecule has 0 rings (SSSR count). The Morgan fingerprint density at radius 3 is 1.44 bits per heavy atom. The highest BCUT2D eigenvalue weighted by molar-refractivity contribution is 5.86. The third kappa shape index (κ3) is 19.1. The minimum Gasteiger partial charge on any atom is -0.462 e. The van der Waals surface area contributed by atoms with Crippen molar-refractivity contribution >= 4 is 5.97 Å². The van der Waals surface area contributed by atoms with Crippen molar-refractivity contribution in [3.05, 3.63) is 24.8 Å². The maximum atomic E-state index is 11.2. The van der Waals surface area contributed by atoms with Crippen LogP contribution in [0.1, 0.15) is 110 Å². The summed E-state index contributed by atoms with van der Waals surface area (Å²) in [6.45, 7) is 9.57. The van der Waals surface area contributed by atoms with Crippen LogP contribution in [-0.2, 0) is 9.53 Å². The van der Waals surface area contributed by atoms with E-state index in [2.05, 4.69) is 13.2 Å². The van der Waals surface area contributed by atoms with Crippen LogP contribution in [0.5, 0.6) is 0 Å². The van der Waals surface area contributed by atoms with E-state index < -0.39 is 0 Å². The normalized spacial score (nSPS) is 10.6. The molecular weight excluding hydrogens is 308 g/mol. The van der Waals surface area contributed by atoms with Gasteiger partial charge in [0.15, 0.2) is 0 Å². The van der Waals surface area contributed by atoms with Gasteiger partial charge in [-0.3, -0.25) is 0 Å². The van der Waals surface area contributed by atoms with Crippen molar-refractivity contribution in [2.24, 2.45) is 0 Å². The molecule has 2 heteroatoms. The van der Waals surface area contributed by atoms with Crippen LogP contribution < -0.4 is 0 Å². The Morgan fingerprint density at radius 2 is 1.08 bits per heavy atom. The van der Waals surface area contributed by atoms with Crippen molar-refractivity contribution in [1.82, 2.24) is 0 Å². The Labute approximate surface area is 157 Å². The predicted octanol–water partition coefficient (Wildman–Crippen LogP) is 7.53. The largest absolute Gasteiger partial charge is 0.462 e. The molecule has 0 radical (unpaired) electrons. The lowest BCUT2D eigenvalue weighted by atomic mass is 10.0. The fraction of sp³-hybridized carbons (Fsp3) is 0.783. The number of rotatable bonds is 19. The van der Waals surface area contributed by atoms with Gasteiger partial charge >= 0.3 is 5.97 Å². The quantitative estimate of drug-likeness (QED) is 0.104. The summed E-state index contributed by atoms with van der Waals surface area (Å²) in [6.07, 6.45) is 23.3. The van der Waals surface area contributed by atoms with Crippen molar-refractivity contribution < 1.29 is 9.53 Å². The summed E-state index contributed by atoms with van der Waals surface area (Å²) in [4.78, 5) is 11.2. The van der Waals surface area contributed by atoms with E-state index >= 15 is 0 Å². The number of carbonyl (C=O) groups is 1. The van der Waals surface area contributed by atoms with E-state index in [4.69, 9.17) is 4.74 Å². The van der Waals surface area contributed by atoms with E-state index in [-0.39, 0.29) is 5.97 Å². The summed E-state index contributed by atoms with van der Waals surface area (Å²) < 4.78 is 5.09. The van der Waals surface area contributed by atoms with Gasteiger partial charge in [-0.05, 0) is 26.2 Å². The van der Waals surface area contributed by atoms with Gasteiger partial charge in [0, 0.05) is 5.57 Å². The van der Waals surface area contributed by atoms with Gasteiger partial charge in [-0.2, -0.15) is 0 Å². The summed E-state index contributed by atoms with van der Waals surface area (Å²) in [5.41, 5.74) is 0.489. The standard InChI is InChI=1S/C23H42O2/c1-4-5-6-7-8-9-10-11-12-13-14-15-16-17-18-19-20-21-25-23(24)22(2)3/h4H,1-2,5-21H2,3H3. The topological polar surface area (TPSA) is 26.3 Å². The Balaban J connectivity index is 3.06. The molecule has 2 nitrogen and oxygen atoms in total. The number of hydrogen-bond acceptors (Lipinski definition) is 2. The van der Waals surface area contributed by atoms with Gasteiger partial charge in [0.25, 0.3) is 0 Å². The minimum absolute atomic E-state index is 0.257. The number of esters is 1. The van der Waals surface area contributed by atoms with E-state index in [9.17, 15) is 4.79 Å². The van der Waals surface area contributed by atoms with Crippen LogP contribution in [0.4, 0.5) is 0 Å². The molecule has 0 aromatic heterocycles. The monoisotopic (exact) mass is 350 g/mol. The second-order valence-corrected chi connectivity index (χ2v) is 7.30. The van der Waals surface area contributed by atoms with Crippen LogP contribution in [0.3, 0.4) is 0 Å². The second kappa shape index (κ2) is 19.3. The number of hydrogen-bond donors (Lipinski definition) is 0. The Hall–Kier alpha value is -1.05. The summed E-state index contributed by atoms with van der Waals surface area (Å²) in [6, 6.07) is 0. The summed E-state index contributed by atoms with van der Waals surface area (Å²) in [5, 5.41) is 0. The summed E-state index contributed by atoms with van der Waals surface area (Å²) in [5.74, 6) is -0.257. The predicted molar refractivity (Wildman–Crippen MR) is 110 cm³/mol. The molecule has 0 fully saturated rings. The first-order valence-electron chi connectivity index (χ1n) is 10.6. The van der Waals surface area contributed by atoms with Gasteiger partial charge in [-0.15, -0.1) is 6.58 Å². The zero-order chi connectivity index (χ0) is 18.6. The highest BCUT2D eigenvalue weighted by atomic mass is 16.5. The third-order valence-corrected chi connectivity index (χ3v) is 4.63. The zero-order valence-electron chi connectivity index (χ0n) is 16.8. The van der Waals surface area contributed by atoms with Crippen molar-refractivity contribution in [3.8, 4) is 0 Å². The van der Waals surface area contributed by atoms with Crippen molar-refractivity contribution in [3.63, 3.8) is 0 Å². The molecule has 0 atom stereocenters. The molecule has 0 aliphatic rings. The van der Waals surface area contributed by atoms with E-state index in [0.29, 0.717) is 12.2 Å². The summed E-state index contributed by atoms with van der Waals surface area (Å²) in [7, 11) is 0. The number of ether oxygens (including phenoxy) is 1. The minimum atomic E-state index is -0.257. The third-order valence-electron chi connectivity index (χ3n) is 4.63. The highest BCUT2D eigenvalue weighted by Gasteiger charge is 2.01.